The van der Waals surface area contributed by atoms with Crippen LogP contribution in [-0.2, 0) is 19.1 Å². The summed E-state index contributed by atoms with van der Waals surface area (Å²) in [5, 5.41) is 9.89. The Bertz CT molecular complexity index is 1050. The molecule has 36 heavy (non-hydrogen) atoms. The van der Waals surface area contributed by atoms with E-state index in [1.807, 2.05) is 6.92 Å². The maximum absolute atomic E-state index is 14.3. The molecule has 2 amide bonds. The molecular weight excluding hydrogens is 500 g/mol. The van der Waals surface area contributed by atoms with Crippen LogP contribution in [0.3, 0.4) is 0 Å². The van der Waals surface area contributed by atoms with Crippen LogP contribution in [0, 0.1) is 11.8 Å². The van der Waals surface area contributed by atoms with Crippen LogP contribution in [0.2, 0.25) is 5.02 Å². The molecule has 5 atom stereocenters. The van der Waals surface area contributed by atoms with Crippen molar-refractivity contribution in [2.45, 2.75) is 48.1 Å². The number of halogens is 1. The molecule has 4 rings (SSSR count). The molecule has 3 saturated heterocycles. The molecule has 1 spiro atoms. The minimum Gasteiger partial charge on any atom is -0.461 e. The van der Waals surface area contributed by atoms with Crippen LogP contribution in [0.1, 0.15) is 32.6 Å². The highest BCUT2D eigenvalue weighted by atomic mass is 35.5. The number of esters is 1. The molecule has 1 aromatic carbocycles. The van der Waals surface area contributed by atoms with Crippen LogP contribution in [0.4, 0.5) is 5.69 Å². The Hall–Kier alpha value is -2.29. The third kappa shape index (κ3) is 4.37. The molecule has 0 aliphatic carbocycles. The van der Waals surface area contributed by atoms with Gasteiger partial charge in [0.15, 0.2) is 0 Å². The molecule has 1 N–H and O–H groups in total. The van der Waals surface area contributed by atoms with E-state index in [1.165, 1.54) is 6.08 Å². The molecule has 2 bridgehead atoms. The number of aliphatic hydroxyl groups excluding tert-OH is 1. The predicted octanol–water partition coefficient (Wildman–Crippen LogP) is 3.84. The van der Waals surface area contributed by atoms with E-state index in [2.05, 4.69) is 13.2 Å². The molecule has 0 saturated carbocycles. The van der Waals surface area contributed by atoms with Crippen LogP contribution in [0.25, 0.3) is 0 Å². The molecule has 3 aliphatic rings. The first-order chi connectivity index (χ1) is 17.2. The van der Waals surface area contributed by atoms with Crippen molar-refractivity contribution in [1.82, 2.24) is 4.90 Å². The number of ether oxygens (including phenoxy) is 1. The van der Waals surface area contributed by atoms with Gasteiger partial charge in [0, 0.05) is 35.2 Å². The number of fused-ring (bicyclic) bond motifs is 1. The average molecular weight is 533 g/mol. The van der Waals surface area contributed by atoms with E-state index in [0.717, 1.165) is 0 Å². The summed E-state index contributed by atoms with van der Waals surface area (Å²) in [7, 11) is 0. The predicted molar refractivity (Wildman–Crippen MR) is 142 cm³/mol. The van der Waals surface area contributed by atoms with Gasteiger partial charge in [0.05, 0.1) is 16.6 Å². The second-order valence-corrected chi connectivity index (χ2v) is 12.2. The summed E-state index contributed by atoms with van der Waals surface area (Å²) >= 11 is 7.69. The summed E-state index contributed by atoms with van der Waals surface area (Å²) in [4.78, 5) is 44.8. The van der Waals surface area contributed by atoms with Gasteiger partial charge in [-0.05, 0) is 56.9 Å². The lowest BCUT2D eigenvalue weighted by Crippen LogP contribution is -2.55. The van der Waals surface area contributed by atoms with Crippen molar-refractivity contribution in [3.63, 3.8) is 0 Å². The monoisotopic (exact) mass is 532 g/mol. The summed E-state index contributed by atoms with van der Waals surface area (Å²) in [5.41, 5.74) is 0.664. The van der Waals surface area contributed by atoms with Crippen molar-refractivity contribution in [2.75, 3.05) is 31.2 Å². The molecule has 2 unspecified atom stereocenters. The van der Waals surface area contributed by atoms with Crippen molar-refractivity contribution in [2.24, 2.45) is 11.8 Å². The van der Waals surface area contributed by atoms with E-state index >= 15 is 0 Å². The summed E-state index contributed by atoms with van der Waals surface area (Å²) in [6, 6.07) is 6.27. The molecule has 194 valence electrons. The highest BCUT2D eigenvalue weighted by Crippen LogP contribution is 2.71. The standard InChI is InChI=1S/C27H33ClN2O5S/c1-4-14-29(19-10-8-18(28)9-11-19)24(33)22-27-13-12-26(3,36-27)21(25(34)35-17-5-2)20(27)23(32)30(22)15-6-7-16-31/h4-5,8-11,20-22,31H,1-2,6-7,12-17H2,3H3/t20-,21-,22?,26+,27?/m0/s1. The smallest absolute Gasteiger partial charge is 0.311 e. The summed E-state index contributed by atoms with van der Waals surface area (Å²) < 4.78 is 4.23. The summed E-state index contributed by atoms with van der Waals surface area (Å²) in [6.45, 7) is 10.1. The number of hydrogen-bond donors (Lipinski definition) is 1. The molecule has 3 heterocycles. The topological polar surface area (TPSA) is 87.1 Å². The van der Waals surface area contributed by atoms with Crippen LogP contribution < -0.4 is 4.90 Å². The number of rotatable bonds is 11. The number of thioether (sulfide) groups is 1. The van der Waals surface area contributed by atoms with E-state index in [0.29, 0.717) is 42.9 Å². The second kappa shape index (κ2) is 10.6. The number of unbranched alkanes of at least 4 members (excludes halogenated alkanes) is 1. The van der Waals surface area contributed by atoms with Crippen LogP contribution in [0.15, 0.2) is 49.6 Å². The number of carbonyl (C=O) groups excluding carboxylic acids is 3. The van der Waals surface area contributed by atoms with Gasteiger partial charge < -0.3 is 19.6 Å². The Morgan fingerprint density at radius 1 is 1.25 bits per heavy atom. The van der Waals surface area contributed by atoms with Crippen LogP contribution >= 0.6 is 23.4 Å². The minimum absolute atomic E-state index is 0.00586. The Morgan fingerprint density at radius 3 is 2.61 bits per heavy atom. The van der Waals surface area contributed by atoms with E-state index in [-0.39, 0.29) is 31.6 Å². The van der Waals surface area contributed by atoms with Gasteiger partial charge in [0.25, 0.3) is 5.91 Å². The maximum atomic E-state index is 14.3. The number of amides is 2. The quantitative estimate of drug-likeness (QED) is 0.265. The van der Waals surface area contributed by atoms with Gasteiger partial charge in [-0.2, -0.15) is 0 Å². The third-order valence-electron chi connectivity index (χ3n) is 7.63. The fraction of sp³-hybridized carbons (Fsp3) is 0.519. The van der Waals surface area contributed by atoms with E-state index in [1.54, 1.807) is 51.9 Å². The van der Waals surface area contributed by atoms with Gasteiger partial charge in [0.2, 0.25) is 5.91 Å². The number of benzene rings is 1. The van der Waals surface area contributed by atoms with Gasteiger partial charge in [-0.25, -0.2) is 0 Å². The highest BCUT2D eigenvalue weighted by Gasteiger charge is 2.77. The van der Waals surface area contributed by atoms with Gasteiger partial charge in [-0.3, -0.25) is 14.4 Å². The average Bonchev–Trinajstić information content (AvgIpc) is 3.42. The van der Waals surface area contributed by atoms with Crippen molar-refractivity contribution < 1.29 is 24.2 Å². The Labute approximate surface area is 221 Å². The van der Waals surface area contributed by atoms with Gasteiger partial charge in [-0.15, -0.1) is 18.3 Å². The SMILES string of the molecule is C=CCOC(=O)[C@@H]1[C@H]2C(=O)N(CCCCO)C(C(=O)N(CC=C)c3ccc(Cl)cc3)C23CC[C@@]1(C)S3. The van der Waals surface area contributed by atoms with E-state index in [4.69, 9.17) is 16.3 Å². The summed E-state index contributed by atoms with van der Waals surface area (Å²) in [6.07, 6.45) is 5.62. The largest absolute Gasteiger partial charge is 0.461 e. The Morgan fingerprint density at radius 2 is 1.97 bits per heavy atom. The molecule has 3 fully saturated rings. The molecule has 0 radical (unpaired) electrons. The number of nitrogens with zero attached hydrogens (tertiary/aromatic N) is 2. The first-order valence-corrected chi connectivity index (χ1v) is 13.5. The van der Waals surface area contributed by atoms with E-state index in [9.17, 15) is 19.5 Å². The number of hydrogen-bond acceptors (Lipinski definition) is 6. The normalized spacial score (nSPS) is 30.2. The van der Waals surface area contributed by atoms with Gasteiger partial charge >= 0.3 is 5.97 Å². The number of aliphatic hydroxyl groups is 1. The molecular formula is C27H33ClN2O5S. The molecule has 9 heteroatoms. The van der Waals surface area contributed by atoms with Crippen molar-refractivity contribution in [3.8, 4) is 0 Å². The third-order valence-corrected chi connectivity index (χ3v) is 9.87. The molecule has 3 aliphatic heterocycles. The van der Waals surface area contributed by atoms with Crippen molar-refractivity contribution >= 4 is 46.8 Å². The van der Waals surface area contributed by atoms with Crippen LogP contribution in [-0.4, -0.2) is 69.6 Å². The maximum Gasteiger partial charge on any atom is 0.311 e. The zero-order valence-electron chi connectivity index (χ0n) is 20.5. The number of likely N-dealkylation sites (tertiary alicyclic amines) is 1. The van der Waals surface area contributed by atoms with Crippen molar-refractivity contribution in [3.05, 3.63) is 54.6 Å². The zero-order valence-corrected chi connectivity index (χ0v) is 22.1. The first-order valence-electron chi connectivity index (χ1n) is 12.3. The Kier molecular flexibility index (Phi) is 7.88. The van der Waals surface area contributed by atoms with Crippen LogP contribution in [0.5, 0.6) is 0 Å². The zero-order chi connectivity index (χ0) is 26.1. The number of anilines is 1. The molecule has 0 aromatic heterocycles. The lowest BCUT2D eigenvalue weighted by molar-refractivity contribution is -0.154. The fourth-order valence-electron chi connectivity index (χ4n) is 6.15. The van der Waals surface area contributed by atoms with Crippen molar-refractivity contribution in [1.29, 1.82) is 0 Å². The highest BCUT2D eigenvalue weighted by molar-refractivity contribution is 8.02. The lowest BCUT2D eigenvalue weighted by atomic mass is 9.66. The second-order valence-electron chi connectivity index (χ2n) is 9.82. The van der Waals surface area contributed by atoms with Gasteiger partial charge in [0.1, 0.15) is 12.6 Å². The lowest BCUT2D eigenvalue weighted by Gasteiger charge is -2.37. The minimum atomic E-state index is -0.742. The molecule has 7 nitrogen and oxygen atoms in total. The summed E-state index contributed by atoms with van der Waals surface area (Å²) in [5.74, 6) is -2.07. The molecule has 1 aromatic rings. The fourth-order valence-corrected chi connectivity index (χ4v) is 8.61. The first kappa shape index (κ1) is 26.8. The van der Waals surface area contributed by atoms with E-state index < -0.39 is 33.3 Å². The van der Waals surface area contributed by atoms with Gasteiger partial charge in [-0.1, -0.05) is 30.3 Å². The Balaban J connectivity index is 1.76. The number of carbonyl (C=O) groups is 3.